The topological polar surface area (TPSA) is 96.4 Å². The quantitative estimate of drug-likeness (QED) is 0.426. The minimum absolute atomic E-state index is 0.0442. The number of hydrogen-bond donors (Lipinski definition) is 1. The predicted octanol–water partition coefficient (Wildman–Crippen LogP) is 3.66. The average Bonchev–Trinajstić information content (AvgIpc) is 2.83. The number of hydrogen-bond acceptors (Lipinski definition) is 5. The lowest BCUT2D eigenvalue weighted by Crippen LogP contribution is -2.24. The zero-order valence-electron chi connectivity index (χ0n) is 18.4. The zero-order chi connectivity index (χ0) is 23.2. The van der Waals surface area contributed by atoms with Gasteiger partial charge in [0.1, 0.15) is 11.3 Å². The van der Waals surface area contributed by atoms with Crippen LogP contribution in [0.1, 0.15) is 34.0 Å². The van der Waals surface area contributed by atoms with Crippen LogP contribution >= 0.6 is 0 Å². The Bertz CT molecular complexity index is 1320. The summed E-state index contributed by atoms with van der Waals surface area (Å²) in [6.45, 7) is 3.84. The van der Waals surface area contributed by atoms with Crippen LogP contribution in [0, 0.1) is 0 Å². The third kappa shape index (κ3) is 5.27. The summed E-state index contributed by atoms with van der Waals surface area (Å²) in [5.74, 6) is -0.175. The van der Waals surface area contributed by atoms with E-state index in [1.54, 1.807) is 18.5 Å². The van der Waals surface area contributed by atoms with E-state index < -0.39 is 11.3 Å². The highest BCUT2D eigenvalue weighted by atomic mass is 16.5. The lowest BCUT2D eigenvalue weighted by atomic mass is 10.1. The summed E-state index contributed by atoms with van der Waals surface area (Å²) in [4.78, 5) is 28.7. The number of primary amides is 1. The standard InChI is InChI=1S/C26H25N3O4/c1-2-33-21-7-8-24-22(13-21)25(30)23(26(27)31)15-29(24)14-18-3-5-19(6-4-18)16-32-17-20-9-11-28-12-10-20/h3-13,15H,2,14,16-17H2,1H3,(H2,27,31). The molecule has 7 nitrogen and oxygen atoms in total. The maximum absolute atomic E-state index is 12.8. The number of amides is 1. The minimum atomic E-state index is -0.751. The van der Waals surface area contributed by atoms with E-state index in [1.165, 1.54) is 6.20 Å². The van der Waals surface area contributed by atoms with Crippen molar-refractivity contribution in [3.8, 4) is 5.75 Å². The van der Waals surface area contributed by atoms with E-state index in [0.717, 1.165) is 16.7 Å². The van der Waals surface area contributed by atoms with Gasteiger partial charge in [-0.05, 0) is 53.9 Å². The largest absolute Gasteiger partial charge is 0.494 e. The van der Waals surface area contributed by atoms with Crippen LogP contribution in [-0.4, -0.2) is 22.1 Å². The number of ether oxygens (including phenoxy) is 2. The van der Waals surface area contributed by atoms with Gasteiger partial charge in [-0.25, -0.2) is 0 Å². The lowest BCUT2D eigenvalue weighted by Gasteiger charge is -2.14. The second-order valence-electron chi connectivity index (χ2n) is 7.64. The number of pyridine rings is 2. The van der Waals surface area contributed by atoms with E-state index in [4.69, 9.17) is 15.2 Å². The molecule has 2 heterocycles. The molecule has 1 amide bonds. The van der Waals surface area contributed by atoms with E-state index in [9.17, 15) is 9.59 Å². The van der Waals surface area contributed by atoms with Crippen molar-refractivity contribution >= 4 is 16.8 Å². The Morgan fingerprint density at radius 3 is 2.30 bits per heavy atom. The van der Waals surface area contributed by atoms with Gasteiger partial charge in [0.25, 0.3) is 5.91 Å². The molecule has 0 radical (unpaired) electrons. The molecule has 33 heavy (non-hydrogen) atoms. The summed E-state index contributed by atoms with van der Waals surface area (Å²) in [6.07, 6.45) is 5.02. The number of carbonyl (C=O) groups excluding carboxylic acids is 1. The number of nitrogens with zero attached hydrogens (tertiary/aromatic N) is 2. The summed E-state index contributed by atoms with van der Waals surface area (Å²) in [5, 5.41) is 0.401. The number of fused-ring (bicyclic) bond motifs is 1. The molecule has 0 aliphatic carbocycles. The Balaban J connectivity index is 1.54. The summed E-state index contributed by atoms with van der Waals surface area (Å²) < 4.78 is 13.2. The second-order valence-corrected chi connectivity index (χ2v) is 7.64. The fourth-order valence-corrected chi connectivity index (χ4v) is 3.64. The van der Waals surface area contributed by atoms with Crippen LogP contribution in [0.25, 0.3) is 10.9 Å². The van der Waals surface area contributed by atoms with Crippen molar-refractivity contribution < 1.29 is 14.3 Å². The van der Waals surface area contributed by atoms with Gasteiger partial charge in [0.15, 0.2) is 0 Å². The highest BCUT2D eigenvalue weighted by Crippen LogP contribution is 2.21. The molecular formula is C26H25N3O4. The molecule has 0 aliphatic rings. The van der Waals surface area contributed by atoms with Crippen LogP contribution in [0.2, 0.25) is 0 Å². The van der Waals surface area contributed by atoms with Gasteiger partial charge in [-0.2, -0.15) is 0 Å². The van der Waals surface area contributed by atoms with Crippen molar-refractivity contribution in [2.45, 2.75) is 26.7 Å². The van der Waals surface area contributed by atoms with E-state index in [0.29, 0.717) is 43.0 Å². The van der Waals surface area contributed by atoms with Gasteiger partial charge in [-0.1, -0.05) is 24.3 Å². The Morgan fingerprint density at radius 2 is 1.64 bits per heavy atom. The molecule has 2 aromatic carbocycles. The van der Waals surface area contributed by atoms with Gasteiger partial charge < -0.3 is 19.8 Å². The minimum Gasteiger partial charge on any atom is -0.494 e. The summed E-state index contributed by atoms with van der Waals surface area (Å²) in [7, 11) is 0. The molecule has 0 saturated heterocycles. The number of nitrogens with two attached hydrogens (primary N) is 1. The molecule has 0 saturated carbocycles. The Hall–Kier alpha value is -3.97. The SMILES string of the molecule is CCOc1ccc2c(c1)c(=O)c(C(N)=O)cn2Cc1ccc(COCc2ccncc2)cc1. The van der Waals surface area contributed by atoms with Crippen molar-refractivity contribution in [1.29, 1.82) is 0 Å². The molecule has 0 unspecified atom stereocenters. The van der Waals surface area contributed by atoms with Gasteiger partial charge in [-0.3, -0.25) is 14.6 Å². The molecule has 2 N–H and O–H groups in total. The molecule has 0 fully saturated rings. The molecule has 0 atom stereocenters. The maximum atomic E-state index is 12.8. The van der Waals surface area contributed by atoms with Crippen LogP contribution < -0.4 is 15.9 Å². The number of aromatic nitrogens is 2. The third-order valence-electron chi connectivity index (χ3n) is 5.29. The summed E-state index contributed by atoms with van der Waals surface area (Å²) in [6, 6.07) is 17.2. The highest BCUT2D eigenvalue weighted by Gasteiger charge is 2.14. The zero-order valence-corrected chi connectivity index (χ0v) is 18.4. The summed E-state index contributed by atoms with van der Waals surface area (Å²) in [5.41, 5.74) is 8.88. The first kappa shape index (κ1) is 22.2. The normalized spacial score (nSPS) is 10.9. The predicted molar refractivity (Wildman–Crippen MR) is 126 cm³/mol. The van der Waals surface area contributed by atoms with Crippen molar-refractivity contribution in [3.05, 3.63) is 106 Å². The van der Waals surface area contributed by atoms with E-state index in [2.05, 4.69) is 4.98 Å². The Morgan fingerprint density at radius 1 is 0.970 bits per heavy atom. The van der Waals surface area contributed by atoms with Gasteiger partial charge in [-0.15, -0.1) is 0 Å². The van der Waals surface area contributed by atoms with E-state index in [1.807, 2.05) is 60.0 Å². The molecule has 7 heteroatoms. The van der Waals surface area contributed by atoms with Gasteiger partial charge in [0, 0.05) is 25.1 Å². The molecule has 168 valence electrons. The van der Waals surface area contributed by atoms with Crippen LogP contribution in [0.4, 0.5) is 0 Å². The number of benzene rings is 2. The molecular weight excluding hydrogens is 418 g/mol. The molecule has 0 aliphatic heterocycles. The second kappa shape index (κ2) is 10.1. The van der Waals surface area contributed by atoms with Gasteiger partial charge >= 0.3 is 0 Å². The first-order valence-corrected chi connectivity index (χ1v) is 10.7. The smallest absolute Gasteiger partial charge is 0.254 e. The fraction of sp³-hybridized carbons (Fsp3) is 0.192. The van der Waals surface area contributed by atoms with Crippen LogP contribution in [0.3, 0.4) is 0 Å². The first-order valence-electron chi connectivity index (χ1n) is 10.7. The molecule has 0 spiro atoms. The van der Waals surface area contributed by atoms with Crippen LogP contribution in [0.15, 0.2) is 78.0 Å². The van der Waals surface area contributed by atoms with E-state index >= 15 is 0 Å². The van der Waals surface area contributed by atoms with E-state index in [-0.39, 0.29) is 5.56 Å². The van der Waals surface area contributed by atoms with Crippen molar-refractivity contribution in [2.24, 2.45) is 5.73 Å². The molecule has 4 aromatic rings. The summed E-state index contributed by atoms with van der Waals surface area (Å²) >= 11 is 0. The molecule has 0 bridgehead atoms. The van der Waals surface area contributed by atoms with Crippen LogP contribution in [0.5, 0.6) is 5.75 Å². The maximum Gasteiger partial charge on any atom is 0.254 e. The Labute approximate surface area is 191 Å². The van der Waals surface area contributed by atoms with Gasteiger partial charge in [0.2, 0.25) is 5.43 Å². The van der Waals surface area contributed by atoms with Crippen molar-refractivity contribution in [2.75, 3.05) is 6.61 Å². The van der Waals surface area contributed by atoms with Crippen LogP contribution in [-0.2, 0) is 24.5 Å². The number of carbonyl (C=O) groups is 1. The number of rotatable bonds is 9. The lowest BCUT2D eigenvalue weighted by molar-refractivity contribution is 0.0998. The molecule has 2 aromatic heterocycles. The first-order chi connectivity index (χ1) is 16.0. The van der Waals surface area contributed by atoms with Gasteiger partial charge in [0.05, 0.1) is 30.7 Å². The fourth-order valence-electron chi connectivity index (χ4n) is 3.64. The average molecular weight is 444 g/mol. The highest BCUT2D eigenvalue weighted by molar-refractivity contribution is 5.96. The van der Waals surface area contributed by atoms with Crippen molar-refractivity contribution in [3.63, 3.8) is 0 Å². The monoisotopic (exact) mass is 443 g/mol. The molecule has 4 rings (SSSR count). The third-order valence-corrected chi connectivity index (χ3v) is 5.29. The van der Waals surface area contributed by atoms with Crippen molar-refractivity contribution in [1.82, 2.24) is 9.55 Å². The Kier molecular flexibility index (Phi) is 6.80.